The lowest BCUT2D eigenvalue weighted by atomic mass is 9.85. The summed E-state index contributed by atoms with van der Waals surface area (Å²) in [6.45, 7) is 26.3. The molecule has 6 aliphatic rings. The summed E-state index contributed by atoms with van der Waals surface area (Å²) >= 11 is 0. The van der Waals surface area contributed by atoms with Crippen molar-refractivity contribution in [3.05, 3.63) is 73.6 Å². The molecule has 10 rings (SSSR count). The number of rotatable bonds is 24. The quantitative estimate of drug-likeness (QED) is 0.0408. The monoisotopic (exact) mass is 1460 g/mol. The second kappa shape index (κ2) is 29.6. The molecule has 2 saturated heterocycles. The maximum absolute atomic E-state index is 14.4. The van der Waals surface area contributed by atoms with Gasteiger partial charge < -0.3 is 59.5 Å². The van der Waals surface area contributed by atoms with Crippen LogP contribution in [0.25, 0.3) is 21.5 Å². The largest absolute Gasteiger partial charge is 0.497 e. The molecule has 102 heavy (non-hydrogen) atoms. The number of hydrogen-bond acceptors (Lipinski definition) is 22. The van der Waals surface area contributed by atoms with Crippen molar-refractivity contribution in [3.63, 3.8) is 0 Å². The van der Waals surface area contributed by atoms with Crippen LogP contribution in [0.5, 0.6) is 23.3 Å². The van der Waals surface area contributed by atoms with E-state index in [1.54, 1.807) is 140 Å². The lowest BCUT2D eigenvalue weighted by Gasteiger charge is -2.36. The number of carbonyl (C=O) groups is 8. The predicted octanol–water partition coefficient (Wildman–Crippen LogP) is 6.49. The summed E-state index contributed by atoms with van der Waals surface area (Å²) in [5.74, 6) is -3.46. The molecule has 2 aromatic carbocycles. The van der Waals surface area contributed by atoms with Crippen LogP contribution in [0.2, 0.25) is 0 Å². The molecule has 32 heteroatoms. The van der Waals surface area contributed by atoms with E-state index >= 15 is 0 Å². The highest BCUT2D eigenvalue weighted by Gasteiger charge is 2.64. The smallest absolute Gasteiger partial charge is 0.408 e. The van der Waals surface area contributed by atoms with Gasteiger partial charge in [0.1, 0.15) is 70.2 Å². The highest BCUT2D eigenvalue weighted by atomic mass is 32.2. The fourth-order valence-corrected chi connectivity index (χ4v) is 14.4. The molecule has 0 unspecified atom stereocenters. The topological polar surface area (TPSA) is 383 Å². The minimum atomic E-state index is -4.43. The molecule has 6 N–H and O–H groups in total. The molecule has 4 aromatic rings. The van der Waals surface area contributed by atoms with E-state index in [0.29, 0.717) is 54.4 Å². The van der Waals surface area contributed by atoms with Crippen LogP contribution in [0.4, 0.5) is 9.59 Å². The van der Waals surface area contributed by atoms with Crippen molar-refractivity contribution in [2.24, 2.45) is 22.7 Å². The third kappa shape index (κ3) is 19.2. The highest BCUT2D eigenvalue weighted by molar-refractivity contribution is 7.85. The van der Waals surface area contributed by atoms with Gasteiger partial charge in [-0.3, -0.25) is 37.1 Å². The van der Waals surface area contributed by atoms with Gasteiger partial charge in [0.15, 0.2) is 0 Å². The van der Waals surface area contributed by atoms with Crippen molar-refractivity contribution in [3.8, 4) is 23.3 Å². The number of likely N-dealkylation sites (tertiary alicyclic amines) is 2. The number of fused-ring (bicyclic) bond motifs is 2. The van der Waals surface area contributed by atoms with Gasteiger partial charge in [-0.2, -0.15) is 16.8 Å². The second-order valence-corrected chi connectivity index (χ2v) is 33.5. The van der Waals surface area contributed by atoms with Gasteiger partial charge in [-0.05, 0) is 156 Å². The van der Waals surface area contributed by atoms with E-state index in [9.17, 15) is 55.2 Å². The van der Waals surface area contributed by atoms with Crippen molar-refractivity contribution in [2.75, 3.05) is 27.3 Å². The molecule has 0 spiro atoms. The van der Waals surface area contributed by atoms with Crippen LogP contribution in [0.1, 0.15) is 148 Å². The molecule has 2 aliphatic heterocycles. The van der Waals surface area contributed by atoms with Crippen molar-refractivity contribution in [1.29, 1.82) is 0 Å². The first-order chi connectivity index (χ1) is 47.5. The maximum Gasteiger partial charge on any atom is 0.408 e. The number of aromatic nitrogens is 2. The molecule has 4 heterocycles. The lowest BCUT2D eigenvalue weighted by Crippen LogP contribution is -2.60. The summed E-state index contributed by atoms with van der Waals surface area (Å²) in [6, 6.07) is 9.83. The summed E-state index contributed by atoms with van der Waals surface area (Å²) in [4.78, 5) is 121. The zero-order valence-electron chi connectivity index (χ0n) is 60.4. The Morgan fingerprint density at radius 3 is 1.30 bits per heavy atom. The number of pyridine rings is 2. The van der Waals surface area contributed by atoms with Crippen molar-refractivity contribution in [1.82, 2.24) is 50.5 Å². The third-order valence-corrected chi connectivity index (χ3v) is 20.0. The van der Waals surface area contributed by atoms with Crippen LogP contribution in [0.15, 0.2) is 73.6 Å². The predicted molar refractivity (Wildman–Crippen MR) is 372 cm³/mol. The number of alkyl carbamates (subject to hydrolysis) is 2. The molecular formula is C70H96N10O20S2. The van der Waals surface area contributed by atoms with Crippen LogP contribution in [-0.4, -0.2) is 182 Å². The Balaban J connectivity index is 0.000000237. The van der Waals surface area contributed by atoms with Crippen molar-refractivity contribution >= 4 is 89.8 Å². The summed E-state index contributed by atoms with van der Waals surface area (Å²) in [5.41, 5.74) is -6.46. The van der Waals surface area contributed by atoms with E-state index in [-0.39, 0.29) is 56.5 Å². The fraction of sp³-hybridized carbons (Fsp3) is 0.600. The minimum Gasteiger partial charge on any atom is -0.497 e. The first-order valence-electron chi connectivity index (χ1n) is 34.1. The Morgan fingerprint density at radius 1 is 0.578 bits per heavy atom. The summed E-state index contributed by atoms with van der Waals surface area (Å²) in [6.07, 6.45) is 3.64. The molecule has 30 nitrogen and oxygen atoms in total. The van der Waals surface area contributed by atoms with Gasteiger partial charge in [0.2, 0.25) is 35.4 Å². The van der Waals surface area contributed by atoms with E-state index < -0.39 is 156 Å². The molecule has 0 radical (unpaired) electrons. The first kappa shape index (κ1) is 77.5. The highest BCUT2D eigenvalue weighted by Crippen LogP contribution is 2.48. The Kier molecular flexibility index (Phi) is 22.5. The zero-order valence-corrected chi connectivity index (χ0v) is 62.0. The van der Waals surface area contributed by atoms with Crippen LogP contribution in [-0.2, 0) is 67.2 Å². The van der Waals surface area contributed by atoms with Crippen molar-refractivity contribution in [2.45, 2.75) is 219 Å². The van der Waals surface area contributed by atoms with E-state index in [1.165, 1.54) is 15.9 Å². The maximum atomic E-state index is 14.4. The molecule has 6 fully saturated rings. The number of amides is 8. The number of methoxy groups -OCH3 is 2. The summed E-state index contributed by atoms with van der Waals surface area (Å²) < 4.78 is 98.3. The molecule has 0 bridgehead atoms. The van der Waals surface area contributed by atoms with E-state index in [2.05, 4.69) is 37.8 Å². The Bertz CT molecular complexity index is 4120. The van der Waals surface area contributed by atoms with Gasteiger partial charge in [0, 0.05) is 41.9 Å². The van der Waals surface area contributed by atoms with Gasteiger partial charge in [-0.15, -0.1) is 6.58 Å². The standard InChI is InChI=1S/C35H49N5O10S.C35H47N5O10S/c2*1-9-21-18-35(21,31(43)39-51(45,46)50-22-10-11-22)38-28(41)26-17-24(48-29-25-13-12-23(47-8)16-20(25)14-15-36-29)19-40(26)30(42)27(33(2,3)4)37-32(44)49-34(5,6)7/h12-16,21-22,24,26-27H,9-11,17-19H2,1-8H3,(H,37,44)(H,38,41)(H,39,43);9,12-16,21-22,24,26-27H,1,10-11,17-19H2,2-8H3,(H,37,44)(H,38,41)(H,39,43)/t2*21-,24-,26+,27-,35-/m11/s1. The fourth-order valence-electron chi connectivity index (χ4n) is 12.3. The molecule has 4 saturated carbocycles. The normalized spacial score (nSPS) is 24.0. The molecule has 558 valence electrons. The van der Waals surface area contributed by atoms with E-state index in [0.717, 1.165) is 10.8 Å². The molecule has 4 aliphatic carbocycles. The number of nitrogens with zero attached hydrogens (tertiary/aromatic N) is 4. The average molecular weight is 1460 g/mol. The van der Waals surface area contributed by atoms with E-state index in [4.69, 9.17) is 36.8 Å². The molecule has 8 amide bonds. The van der Waals surface area contributed by atoms with Gasteiger partial charge in [0.05, 0.1) is 39.5 Å². The zero-order chi connectivity index (χ0) is 75.0. The second-order valence-electron chi connectivity index (χ2n) is 30.9. The number of nitrogens with one attached hydrogen (secondary N) is 6. The average Bonchev–Trinajstić information content (AvgIpc) is 1.58. The third-order valence-electron chi connectivity index (χ3n) is 18.1. The first-order valence-corrected chi connectivity index (χ1v) is 36.9. The minimum absolute atomic E-state index is 0.00532. The van der Waals surface area contributed by atoms with Gasteiger partial charge >= 0.3 is 32.8 Å². The van der Waals surface area contributed by atoms with Gasteiger partial charge in [-0.1, -0.05) is 61.0 Å². The van der Waals surface area contributed by atoms with Crippen molar-refractivity contribution < 1.29 is 92.0 Å². The number of ether oxygens (including phenoxy) is 6. The summed E-state index contributed by atoms with van der Waals surface area (Å²) in [7, 11) is -5.69. The lowest BCUT2D eigenvalue weighted by molar-refractivity contribution is -0.143. The van der Waals surface area contributed by atoms with Crippen LogP contribution in [0.3, 0.4) is 0 Å². The SMILES string of the molecule is C=C[C@@H]1C[C@]1(NC(=O)[C@@H]1C[C@@H](Oc2nccc3cc(OC)ccc23)CN1C(=O)[C@@H](NC(=O)OC(C)(C)C)C(C)(C)C)C(=O)NS(=O)(=O)OC1CC1.CC[C@@H]1C[C@]1(NC(=O)[C@@H]1C[C@@H](Oc2nccc3cc(OC)ccc23)CN1C(=O)[C@@H](NC(=O)OC(C)(C)C)C(C)(C)C)C(=O)NS(=O)(=O)OC1CC1. The van der Waals surface area contributed by atoms with Crippen LogP contribution < -0.4 is 49.7 Å². The van der Waals surface area contributed by atoms with Gasteiger partial charge in [0.25, 0.3) is 11.8 Å². The molecular weight excluding hydrogens is 1360 g/mol. The number of carbonyl (C=O) groups excluding carboxylic acids is 8. The Hall–Kier alpha value is -8.62. The van der Waals surface area contributed by atoms with Crippen LogP contribution in [0, 0.1) is 22.7 Å². The number of benzene rings is 2. The molecule has 2 aromatic heterocycles. The molecule has 10 atom stereocenters. The Labute approximate surface area is 595 Å². The number of hydrogen-bond donors (Lipinski definition) is 6. The van der Waals surface area contributed by atoms with Crippen LogP contribution >= 0.6 is 0 Å². The Morgan fingerprint density at radius 2 is 0.971 bits per heavy atom. The van der Waals surface area contributed by atoms with E-state index in [1.807, 2.05) is 34.6 Å². The van der Waals surface area contributed by atoms with Gasteiger partial charge in [-0.25, -0.2) is 29.0 Å². The summed E-state index contributed by atoms with van der Waals surface area (Å²) in [5, 5.41) is 13.9.